The number of nitrogens with one attached hydrogen (secondary N) is 1. The standard InChI is InChI=1S/C28H38N4O6/c1-6-26(36)31-23(17(3)33)14-19-7-9-24(35)21(13-19)22-15-20(8-10-25(22)38-12-11-29)27(18(4)34)32(5)28(37)16(2)30/h7-10,13,15-16,23,27,35H,6,11-12,14,29-30H2,1-5H3,(H,31,36)/t16-,23-,27+/m0/s1. The van der Waals surface area contributed by atoms with Gasteiger partial charge in [-0.15, -0.1) is 0 Å². The summed E-state index contributed by atoms with van der Waals surface area (Å²) in [4.78, 5) is 50.6. The van der Waals surface area contributed by atoms with Crippen LogP contribution in [0, 0.1) is 0 Å². The van der Waals surface area contributed by atoms with Crippen molar-refractivity contribution in [3.8, 4) is 22.6 Å². The molecule has 206 valence electrons. The number of aromatic hydroxyl groups is 1. The van der Waals surface area contributed by atoms with Crippen LogP contribution >= 0.6 is 0 Å². The number of ketones is 2. The van der Waals surface area contributed by atoms with Crippen molar-refractivity contribution < 1.29 is 29.0 Å². The molecule has 0 aliphatic heterocycles. The molecule has 0 saturated heterocycles. The van der Waals surface area contributed by atoms with E-state index in [0.717, 1.165) is 0 Å². The first-order valence-electron chi connectivity index (χ1n) is 12.5. The minimum Gasteiger partial charge on any atom is -0.507 e. The summed E-state index contributed by atoms with van der Waals surface area (Å²) < 4.78 is 5.83. The molecule has 0 aromatic heterocycles. The van der Waals surface area contributed by atoms with E-state index >= 15 is 0 Å². The molecule has 0 heterocycles. The Morgan fingerprint density at radius 2 is 1.74 bits per heavy atom. The highest BCUT2D eigenvalue weighted by atomic mass is 16.5. The molecule has 3 atom stereocenters. The van der Waals surface area contributed by atoms with Crippen molar-refractivity contribution in [1.82, 2.24) is 10.2 Å². The van der Waals surface area contributed by atoms with Gasteiger partial charge in [0.2, 0.25) is 11.8 Å². The van der Waals surface area contributed by atoms with Crippen LogP contribution in [0.5, 0.6) is 11.5 Å². The average molecular weight is 527 g/mol. The second-order valence-corrected chi connectivity index (χ2v) is 9.28. The Balaban J connectivity index is 2.62. The van der Waals surface area contributed by atoms with Gasteiger partial charge < -0.3 is 31.5 Å². The highest BCUT2D eigenvalue weighted by Crippen LogP contribution is 2.39. The number of nitrogens with zero attached hydrogens (tertiary/aromatic N) is 1. The van der Waals surface area contributed by atoms with Crippen LogP contribution < -0.4 is 21.5 Å². The van der Waals surface area contributed by atoms with Crippen molar-refractivity contribution >= 4 is 23.4 Å². The van der Waals surface area contributed by atoms with Crippen LogP contribution in [-0.2, 0) is 25.6 Å². The van der Waals surface area contributed by atoms with Gasteiger partial charge in [0.25, 0.3) is 0 Å². The molecule has 2 aromatic carbocycles. The summed E-state index contributed by atoms with van der Waals surface area (Å²) in [6, 6.07) is 7.47. The van der Waals surface area contributed by atoms with Gasteiger partial charge in [0.15, 0.2) is 11.6 Å². The fourth-order valence-corrected chi connectivity index (χ4v) is 4.16. The van der Waals surface area contributed by atoms with E-state index in [0.29, 0.717) is 28.0 Å². The molecule has 10 nitrogen and oxygen atoms in total. The maximum absolute atomic E-state index is 12.6. The zero-order valence-corrected chi connectivity index (χ0v) is 22.6. The van der Waals surface area contributed by atoms with Gasteiger partial charge in [-0.1, -0.05) is 19.1 Å². The van der Waals surface area contributed by atoms with Gasteiger partial charge in [-0.3, -0.25) is 19.2 Å². The number of carbonyl (C=O) groups is 4. The van der Waals surface area contributed by atoms with E-state index in [4.69, 9.17) is 16.2 Å². The number of ether oxygens (including phenoxy) is 1. The summed E-state index contributed by atoms with van der Waals surface area (Å²) in [5.41, 5.74) is 13.5. The third-order valence-electron chi connectivity index (χ3n) is 6.14. The molecule has 0 fully saturated rings. The Bertz CT molecular complexity index is 1180. The van der Waals surface area contributed by atoms with Crippen LogP contribution in [0.3, 0.4) is 0 Å². The quantitative estimate of drug-likeness (QED) is 0.307. The van der Waals surface area contributed by atoms with Gasteiger partial charge in [0, 0.05) is 31.1 Å². The molecule has 2 rings (SSSR count). The average Bonchev–Trinajstić information content (AvgIpc) is 2.87. The minimum absolute atomic E-state index is 0.0557. The number of likely N-dealkylation sites (N-methyl/N-ethyl adjacent to an activating group) is 1. The molecular formula is C28H38N4O6. The summed E-state index contributed by atoms with van der Waals surface area (Å²) in [5, 5.41) is 13.5. The smallest absolute Gasteiger partial charge is 0.239 e. The predicted octanol–water partition coefficient (Wildman–Crippen LogP) is 1.86. The van der Waals surface area contributed by atoms with Gasteiger partial charge in [-0.25, -0.2) is 0 Å². The maximum atomic E-state index is 12.6. The number of hydrogen-bond acceptors (Lipinski definition) is 8. The maximum Gasteiger partial charge on any atom is 0.239 e. The third-order valence-corrected chi connectivity index (χ3v) is 6.14. The summed E-state index contributed by atoms with van der Waals surface area (Å²) in [5.74, 6) is -0.740. The molecule has 0 spiro atoms. The van der Waals surface area contributed by atoms with Crippen molar-refractivity contribution in [2.45, 2.75) is 58.7 Å². The normalized spacial score (nSPS) is 13.2. The number of rotatable bonds is 13. The van der Waals surface area contributed by atoms with Crippen molar-refractivity contribution in [3.63, 3.8) is 0 Å². The molecule has 10 heteroatoms. The van der Waals surface area contributed by atoms with Gasteiger partial charge >= 0.3 is 0 Å². The number of amides is 2. The van der Waals surface area contributed by atoms with E-state index < -0.39 is 24.0 Å². The first kappa shape index (κ1) is 30.5. The van der Waals surface area contributed by atoms with E-state index in [2.05, 4.69) is 5.32 Å². The second-order valence-electron chi connectivity index (χ2n) is 9.28. The summed E-state index contributed by atoms with van der Waals surface area (Å²) in [7, 11) is 1.51. The monoisotopic (exact) mass is 526 g/mol. The minimum atomic E-state index is -0.910. The highest BCUT2D eigenvalue weighted by Gasteiger charge is 2.29. The van der Waals surface area contributed by atoms with Crippen LogP contribution in [0.25, 0.3) is 11.1 Å². The first-order valence-corrected chi connectivity index (χ1v) is 12.5. The van der Waals surface area contributed by atoms with Crippen molar-refractivity contribution in [3.05, 3.63) is 47.5 Å². The van der Waals surface area contributed by atoms with E-state index in [1.807, 2.05) is 0 Å². The fraction of sp³-hybridized carbons (Fsp3) is 0.429. The molecule has 0 bridgehead atoms. The Morgan fingerprint density at radius 3 is 2.29 bits per heavy atom. The predicted molar refractivity (Wildman–Crippen MR) is 145 cm³/mol. The van der Waals surface area contributed by atoms with Crippen molar-refractivity contribution in [1.29, 1.82) is 0 Å². The van der Waals surface area contributed by atoms with Gasteiger partial charge in [-0.05, 0) is 62.6 Å². The van der Waals surface area contributed by atoms with Crippen LogP contribution in [0.2, 0.25) is 0 Å². The Morgan fingerprint density at radius 1 is 1.05 bits per heavy atom. The fourth-order valence-electron chi connectivity index (χ4n) is 4.16. The summed E-state index contributed by atoms with van der Waals surface area (Å²) >= 11 is 0. The Hall–Kier alpha value is -3.76. The highest BCUT2D eigenvalue weighted by molar-refractivity contribution is 5.91. The molecule has 0 saturated carbocycles. The zero-order chi connectivity index (χ0) is 28.6. The lowest BCUT2D eigenvalue weighted by molar-refractivity contribution is -0.138. The SMILES string of the molecule is CCC(=O)N[C@@H](Cc1ccc(O)c(-c2cc([C@@H](C(C)=O)N(C)C(=O)[C@H](C)N)ccc2OCCN)c1)C(C)=O. The number of Topliss-reactive ketones (excluding diaryl/α,β-unsaturated/α-hetero) is 2. The Labute approximate surface area is 223 Å². The molecule has 0 unspecified atom stereocenters. The van der Waals surface area contributed by atoms with Crippen LogP contribution in [0.1, 0.15) is 51.3 Å². The summed E-state index contributed by atoms with van der Waals surface area (Å²) in [6.07, 6.45) is 0.463. The second kappa shape index (κ2) is 13.7. The van der Waals surface area contributed by atoms with Gasteiger partial charge in [0.1, 0.15) is 24.1 Å². The Kier molecular flexibility index (Phi) is 11.0. The zero-order valence-electron chi connectivity index (χ0n) is 22.6. The lowest BCUT2D eigenvalue weighted by Gasteiger charge is -2.28. The molecule has 38 heavy (non-hydrogen) atoms. The number of benzene rings is 2. The van der Waals surface area contributed by atoms with Crippen LogP contribution in [0.15, 0.2) is 36.4 Å². The lowest BCUT2D eigenvalue weighted by atomic mass is 9.93. The number of nitrogens with two attached hydrogens (primary N) is 2. The van der Waals surface area contributed by atoms with Crippen molar-refractivity contribution in [2.24, 2.45) is 11.5 Å². The molecule has 6 N–H and O–H groups in total. The molecule has 2 amide bonds. The number of carbonyl (C=O) groups excluding carboxylic acids is 4. The number of phenols is 1. The molecular weight excluding hydrogens is 488 g/mol. The van der Waals surface area contributed by atoms with E-state index in [-0.39, 0.29) is 49.2 Å². The summed E-state index contributed by atoms with van der Waals surface area (Å²) in [6.45, 7) is 6.51. The first-order chi connectivity index (χ1) is 17.9. The molecule has 0 aliphatic rings. The van der Waals surface area contributed by atoms with E-state index in [1.165, 1.54) is 31.9 Å². The van der Waals surface area contributed by atoms with Gasteiger partial charge in [0.05, 0.1) is 12.1 Å². The molecule has 0 aliphatic carbocycles. The third kappa shape index (κ3) is 7.62. The van der Waals surface area contributed by atoms with Crippen molar-refractivity contribution in [2.75, 3.05) is 20.2 Å². The largest absolute Gasteiger partial charge is 0.507 e. The van der Waals surface area contributed by atoms with Gasteiger partial charge in [-0.2, -0.15) is 0 Å². The van der Waals surface area contributed by atoms with E-state index in [1.54, 1.807) is 44.2 Å². The number of phenolic OH excluding ortho intramolecular Hbond substituents is 1. The molecule has 0 radical (unpaired) electrons. The topological polar surface area (TPSA) is 165 Å². The lowest BCUT2D eigenvalue weighted by Crippen LogP contribution is -2.43. The van der Waals surface area contributed by atoms with Crippen LogP contribution in [-0.4, -0.2) is 65.7 Å². The molecule has 2 aromatic rings. The number of hydrogen-bond donors (Lipinski definition) is 4. The van der Waals surface area contributed by atoms with Crippen LogP contribution in [0.4, 0.5) is 0 Å². The van der Waals surface area contributed by atoms with E-state index in [9.17, 15) is 24.3 Å².